The topological polar surface area (TPSA) is 44.9 Å². The zero-order valence-electron chi connectivity index (χ0n) is 13.1. The lowest BCUT2D eigenvalue weighted by Gasteiger charge is -2.26. The fourth-order valence-corrected chi connectivity index (χ4v) is 3.69. The number of aromatic nitrogens is 1. The summed E-state index contributed by atoms with van der Waals surface area (Å²) in [5.41, 5.74) is 3.02. The van der Waals surface area contributed by atoms with E-state index in [0.717, 1.165) is 35.8 Å². The second-order valence-electron chi connectivity index (χ2n) is 5.79. The predicted molar refractivity (Wildman–Crippen MR) is 96.2 cm³/mol. The first-order valence-corrected chi connectivity index (χ1v) is 8.54. The fourth-order valence-electron chi connectivity index (χ4n) is 2.66. The first-order valence-electron chi connectivity index (χ1n) is 7.72. The maximum absolute atomic E-state index is 11.8. The molecule has 22 heavy (non-hydrogen) atoms. The highest BCUT2D eigenvalue weighted by Gasteiger charge is 2.16. The van der Waals surface area contributed by atoms with E-state index in [4.69, 9.17) is 0 Å². The van der Waals surface area contributed by atoms with Crippen LogP contribution in [-0.4, -0.2) is 11.0 Å². The van der Waals surface area contributed by atoms with Gasteiger partial charge in [0.2, 0.25) is 0 Å². The molecule has 0 saturated heterocycles. The van der Waals surface area contributed by atoms with E-state index in [2.05, 4.69) is 22.4 Å². The minimum absolute atomic E-state index is 0. The van der Waals surface area contributed by atoms with Gasteiger partial charge in [-0.15, -0.1) is 23.7 Å². The average molecular weight is 339 g/mol. The predicted octanol–water partition coefficient (Wildman–Crippen LogP) is 4.04. The third-order valence-corrected chi connectivity index (χ3v) is 5.41. The van der Waals surface area contributed by atoms with Crippen molar-refractivity contribution in [3.63, 3.8) is 0 Å². The quantitative estimate of drug-likeness (QED) is 0.864. The summed E-state index contributed by atoms with van der Waals surface area (Å²) in [5.74, 6) is 0. The lowest BCUT2D eigenvalue weighted by molar-refractivity contribution is 0.339. The summed E-state index contributed by atoms with van der Waals surface area (Å²) in [6.45, 7) is 4.95. The molecule has 0 bridgehead atoms. The van der Waals surface area contributed by atoms with Gasteiger partial charge >= 0.3 is 0 Å². The number of aromatic amines is 1. The van der Waals surface area contributed by atoms with Gasteiger partial charge in [0.25, 0.3) is 5.56 Å². The van der Waals surface area contributed by atoms with Crippen molar-refractivity contribution < 1.29 is 0 Å². The van der Waals surface area contributed by atoms with Gasteiger partial charge in [0.05, 0.1) is 0 Å². The molecule has 2 aromatic heterocycles. The average Bonchev–Trinajstić information content (AvgIpc) is 2.86. The number of H-pyrrole nitrogens is 1. The molecule has 0 unspecified atom stereocenters. The number of rotatable bonds is 5. The van der Waals surface area contributed by atoms with Crippen LogP contribution in [0.2, 0.25) is 0 Å². The molecule has 0 atom stereocenters. The van der Waals surface area contributed by atoms with E-state index in [9.17, 15) is 4.79 Å². The highest BCUT2D eigenvalue weighted by atomic mass is 35.5. The summed E-state index contributed by atoms with van der Waals surface area (Å²) >= 11 is 1.82. The molecule has 0 aromatic carbocycles. The van der Waals surface area contributed by atoms with Crippen LogP contribution in [0.25, 0.3) is 10.4 Å². The van der Waals surface area contributed by atoms with Crippen molar-refractivity contribution in [2.75, 3.05) is 0 Å². The highest BCUT2D eigenvalue weighted by molar-refractivity contribution is 7.15. The minimum Gasteiger partial charge on any atom is -0.326 e. The minimum atomic E-state index is 0. The summed E-state index contributed by atoms with van der Waals surface area (Å²) in [4.78, 5) is 17.4. The zero-order chi connectivity index (χ0) is 14.8. The van der Waals surface area contributed by atoms with Gasteiger partial charge in [0.15, 0.2) is 0 Å². The van der Waals surface area contributed by atoms with Crippen LogP contribution in [0.3, 0.4) is 0 Å². The Kier molecular flexibility index (Phi) is 5.84. The standard InChI is InChI=1S/C17H22N2OS.ClH/c1-3-12-9-15(11(2)19-17(12)20)16-8-7-14(21-16)10-18-13-5-4-6-13;/h7-9,13,18H,3-6,10H2,1-2H3,(H,19,20);1H. The Morgan fingerprint density at radius 2 is 2.14 bits per heavy atom. The number of nitrogens with one attached hydrogen (secondary N) is 2. The molecule has 3 nitrogen and oxygen atoms in total. The molecular formula is C17H23ClN2OS. The monoisotopic (exact) mass is 338 g/mol. The van der Waals surface area contributed by atoms with Gasteiger partial charge in [-0.05, 0) is 44.4 Å². The molecule has 0 spiro atoms. The van der Waals surface area contributed by atoms with Crippen molar-refractivity contribution in [3.05, 3.63) is 44.7 Å². The first-order chi connectivity index (χ1) is 10.2. The van der Waals surface area contributed by atoms with Crippen molar-refractivity contribution >= 4 is 23.7 Å². The lowest BCUT2D eigenvalue weighted by atomic mass is 9.93. The van der Waals surface area contributed by atoms with E-state index in [1.807, 2.05) is 31.3 Å². The molecule has 2 aromatic rings. The van der Waals surface area contributed by atoms with Crippen molar-refractivity contribution in [3.8, 4) is 10.4 Å². The number of thiophene rings is 1. The molecule has 0 amide bonds. The molecule has 0 aliphatic heterocycles. The summed E-state index contributed by atoms with van der Waals surface area (Å²) < 4.78 is 0. The van der Waals surface area contributed by atoms with E-state index >= 15 is 0 Å². The number of halogens is 1. The van der Waals surface area contributed by atoms with Crippen LogP contribution in [-0.2, 0) is 13.0 Å². The van der Waals surface area contributed by atoms with Crippen LogP contribution in [0.5, 0.6) is 0 Å². The van der Waals surface area contributed by atoms with Gasteiger partial charge in [-0.3, -0.25) is 4.79 Å². The Bertz CT molecular complexity index is 688. The third kappa shape index (κ3) is 3.62. The summed E-state index contributed by atoms with van der Waals surface area (Å²) in [6, 6.07) is 7.13. The number of hydrogen-bond acceptors (Lipinski definition) is 3. The molecular weight excluding hydrogens is 316 g/mol. The third-order valence-electron chi connectivity index (χ3n) is 4.29. The Labute approximate surface area is 141 Å². The Morgan fingerprint density at radius 3 is 2.77 bits per heavy atom. The van der Waals surface area contributed by atoms with Gasteiger partial charge in [-0.2, -0.15) is 0 Å². The van der Waals surface area contributed by atoms with E-state index in [0.29, 0.717) is 0 Å². The molecule has 1 saturated carbocycles. The highest BCUT2D eigenvalue weighted by Crippen LogP contribution is 2.30. The van der Waals surface area contributed by atoms with Gasteiger partial charge < -0.3 is 10.3 Å². The molecule has 120 valence electrons. The SMILES string of the molecule is CCc1cc(-c2ccc(CNC3CCC3)s2)c(C)[nH]c1=O.Cl. The number of hydrogen-bond donors (Lipinski definition) is 2. The maximum Gasteiger partial charge on any atom is 0.251 e. The first kappa shape index (κ1) is 17.3. The molecule has 5 heteroatoms. The van der Waals surface area contributed by atoms with Gasteiger partial charge in [-0.25, -0.2) is 0 Å². The Morgan fingerprint density at radius 1 is 1.36 bits per heavy atom. The molecule has 1 aliphatic carbocycles. The lowest BCUT2D eigenvalue weighted by Crippen LogP contribution is -2.34. The van der Waals surface area contributed by atoms with Crippen molar-refractivity contribution in [2.24, 2.45) is 0 Å². The zero-order valence-corrected chi connectivity index (χ0v) is 14.7. The van der Waals surface area contributed by atoms with Crippen LogP contribution in [0.4, 0.5) is 0 Å². The van der Waals surface area contributed by atoms with Gasteiger partial charge in [0.1, 0.15) is 0 Å². The summed E-state index contributed by atoms with van der Waals surface area (Å²) in [5, 5.41) is 3.60. The molecule has 1 fully saturated rings. The van der Waals surface area contributed by atoms with Crippen molar-refractivity contribution in [2.45, 2.75) is 52.1 Å². The van der Waals surface area contributed by atoms with Crippen molar-refractivity contribution in [1.29, 1.82) is 0 Å². The van der Waals surface area contributed by atoms with Crippen LogP contribution in [0.1, 0.15) is 42.3 Å². The van der Waals surface area contributed by atoms with Crippen LogP contribution in [0.15, 0.2) is 23.0 Å². The molecule has 0 radical (unpaired) electrons. The molecule has 1 aliphatic rings. The van der Waals surface area contributed by atoms with Crippen LogP contribution >= 0.6 is 23.7 Å². The smallest absolute Gasteiger partial charge is 0.251 e. The second-order valence-corrected chi connectivity index (χ2v) is 6.96. The van der Waals surface area contributed by atoms with Gasteiger partial charge in [0, 0.05) is 39.2 Å². The normalized spacial score (nSPS) is 14.5. The van der Waals surface area contributed by atoms with E-state index in [-0.39, 0.29) is 18.0 Å². The number of pyridine rings is 1. The van der Waals surface area contributed by atoms with Crippen molar-refractivity contribution in [1.82, 2.24) is 10.3 Å². The maximum atomic E-state index is 11.8. The molecule has 3 rings (SSSR count). The van der Waals surface area contributed by atoms with Crippen LogP contribution in [0, 0.1) is 6.92 Å². The molecule has 2 N–H and O–H groups in total. The summed E-state index contributed by atoms with van der Waals surface area (Å²) in [7, 11) is 0. The number of aryl methyl sites for hydroxylation is 2. The summed E-state index contributed by atoms with van der Waals surface area (Å²) in [6.07, 6.45) is 4.77. The second kappa shape index (κ2) is 7.44. The fraction of sp³-hybridized carbons (Fsp3) is 0.471. The Balaban J connectivity index is 0.00000176. The Hall–Kier alpha value is -1.10. The van der Waals surface area contributed by atoms with E-state index in [1.54, 1.807) is 0 Å². The van der Waals surface area contributed by atoms with E-state index in [1.165, 1.54) is 29.0 Å². The van der Waals surface area contributed by atoms with Crippen LogP contribution < -0.4 is 10.9 Å². The van der Waals surface area contributed by atoms with Gasteiger partial charge in [-0.1, -0.05) is 13.3 Å². The van der Waals surface area contributed by atoms with E-state index < -0.39 is 0 Å². The molecule has 2 heterocycles. The largest absolute Gasteiger partial charge is 0.326 e.